The number of aromatic hydroxyl groups is 1. The van der Waals surface area contributed by atoms with E-state index >= 15 is 0 Å². The molecule has 3 aliphatic carbocycles. The molecule has 0 aromatic heterocycles. The Morgan fingerprint density at radius 1 is 1.31 bits per heavy atom. The van der Waals surface area contributed by atoms with E-state index in [1.165, 1.54) is 11.6 Å². The van der Waals surface area contributed by atoms with Crippen LogP contribution in [-0.4, -0.2) is 16.0 Å². The lowest BCUT2D eigenvalue weighted by atomic mass is 9.52. The first-order chi connectivity index (χ1) is 13.6. The van der Waals surface area contributed by atoms with Crippen LogP contribution in [0, 0.1) is 23.2 Å². The molecular formula is C23H26BrF3O2. The third kappa shape index (κ3) is 3.66. The number of alkyl halides is 3. The van der Waals surface area contributed by atoms with Crippen LogP contribution in [0.15, 0.2) is 29.8 Å². The Kier molecular flexibility index (Phi) is 5.37. The van der Waals surface area contributed by atoms with E-state index in [-0.39, 0.29) is 39.7 Å². The summed E-state index contributed by atoms with van der Waals surface area (Å²) >= 11 is 2.93. The fourth-order valence-electron chi connectivity index (χ4n) is 6.59. The number of phenols is 1. The van der Waals surface area contributed by atoms with Gasteiger partial charge in [0.15, 0.2) is 4.69 Å². The van der Waals surface area contributed by atoms with Gasteiger partial charge in [0, 0.05) is 17.4 Å². The van der Waals surface area contributed by atoms with Gasteiger partial charge in [0.25, 0.3) is 0 Å². The average Bonchev–Trinajstić information content (AvgIpc) is 2.94. The van der Waals surface area contributed by atoms with Crippen molar-refractivity contribution in [2.75, 3.05) is 0 Å². The van der Waals surface area contributed by atoms with E-state index in [0.29, 0.717) is 25.7 Å². The molecule has 0 bridgehead atoms. The highest BCUT2D eigenvalue weighted by Gasteiger charge is 2.60. The first kappa shape index (κ1) is 21.0. The minimum absolute atomic E-state index is 0.0507. The predicted octanol–water partition coefficient (Wildman–Crippen LogP) is 6.66. The third-order valence-corrected chi connectivity index (χ3v) is 8.03. The highest BCUT2D eigenvalue weighted by molar-refractivity contribution is 9.18. The van der Waals surface area contributed by atoms with Crippen molar-refractivity contribution in [2.45, 2.75) is 64.0 Å². The number of carbonyl (C=O) groups excluding carboxylic acids is 1. The smallest absolute Gasteiger partial charge is 0.412 e. The molecule has 0 aliphatic heterocycles. The van der Waals surface area contributed by atoms with Gasteiger partial charge in [-0.1, -0.05) is 19.1 Å². The van der Waals surface area contributed by atoms with Crippen LogP contribution in [0.1, 0.15) is 62.5 Å². The van der Waals surface area contributed by atoms with Crippen LogP contribution in [0.25, 0.3) is 0 Å². The zero-order chi connectivity index (χ0) is 21.0. The fraction of sp³-hybridized carbons (Fsp3) is 0.609. The van der Waals surface area contributed by atoms with E-state index in [1.807, 2.05) is 19.1 Å². The Morgan fingerprint density at radius 3 is 2.76 bits per heavy atom. The first-order valence-corrected chi connectivity index (χ1v) is 11.2. The van der Waals surface area contributed by atoms with Crippen LogP contribution in [0.3, 0.4) is 0 Å². The van der Waals surface area contributed by atoms with Crippen molar-refractivity contribution in [3.05, 3.63) is 41.0 Å². The number of hydrogen-bond acceptors (Lipinski definition) is 2. The summed E-state index contributed by atoms with van der Waals surface area (Å²) in [6, 6.07) is 5.48. The van der Waals surface area contributed by atoms with E-state index in [2.05, 4.69) is 15.9 Å². The van der Waals surface area contributed by atoms with Crippen LogP contribution in [0.2, 0.25) is 0 Å². The second-order valence-corrected chi connectivity index (χ2v) is 10.0. The minimum Gasteiger partial charge on any atom is -0.508 e. The lowest BCUT2D eigenvalue weighted by Crippen LogP contribution is -2.45. The largest absolute Gasteiger partial charge is 0.508 e. The molecule has 1 aromatic carbocycles. The van der Waals surface area contributed by atoms with E-state index < -0.39 is 11.6 Å². The molecule has 4 rings (SSSR count). The molecule has 0 amide bonds. The second kappa shape index (κ2) is 7.44. The summed E-state index contributed by atoms with van der Waals surface area (Å²) in [5, 5.41) is 9.82. The van der Waals surface area contributed by atoms with Gasteiger partial charge in [-0.25, -0.2) is 0 Å². The molecular weight excluding hydrogens is 445 g/mol. The molecule has 1 saturated carbocycles. The Labute approximate surface area is 177 Å². The molecule has 5 atom stereocenters. The van der Waals surface area contributed by atoms with Crippen LogP contribution >= 0.6 is 15.9 Å². The lowest BCUT2D eigenvalue weighted by Gasteiger charge is -2.52. The van der Waals surface area contributed by atoms with Crippen LogP contribution in [0.4, 0.5) is 13.2 Å². The number of aryl methyl sites for hydroxylation is 1. The molecule has 29 heavy (non-hydrogen) atoms. The van der Waals surface area contributed by atoms with Gasteiger partial charge in [-0.2, -0.15) is 13.2 Å². The Bertz CT molecular complexity index is 847. The van der Waals surface area contributed by atoms with Crippen molar-refractivity contribution < 1.29 is 23.1 Å². The quantitative estimate of drug-likeness (QED) is 0.394. The summed E-state index contributed by atoms with van der Waals surface area (Å²) in [7, 11) is 0. The highest BCUT2D eigenvalue weighted by atomic mass is 79.9. The molecule has 0 heterocycles. The molecule has 1 N–H and O–H groups in total. The maximum Gasteiger partial charge on any atom is 0.412 e. The van der Waals surface area contributed by atoms with E-state index in [0.717, 1.165) is 24.8 Å². The number of fused-ring (bicyclic) bond motifs is 5. The number of carbonyl (C=O) groups is 1. The molecule has 0 radical (unpaired) electrons. The Hall–Kier alpha value is -1.30. The van der Waals surface area contributed by atoms with Gasteiger partial charge in [-0.15, -0.1) is 0 Å². The van der Waals surface area contributed by atoms with Crippen LogP contribution in [0.5, 0.6) is 5.75 Å². The van der Waals surface area contributed by atoms with Gasteiger partial charge >= 0.3 is 6.18 Å². The van der Waals surface area contributed by atoms with Gasteiger partial charge in [0.2, 0.25) is 0 Å². The van der Waals surface area contributed by atoms with Crippen molar-refractivity contribution in [2.24, 2.45) is 23.2 Å². The average molecular weight is 471 g/mol. The molecule has 6 heteroatoms. The van der Waals surface area contributed by atoms with Gasteiger partial charge in [0.1, 0.15) is 5.75 Å². The standard InChI is InChI=1S/C23H26BrF3O2/c1-22-10-9-17-16-8-6-15(28)11-13(16)5-7-18(17)21(22)14(3-2-4-20(24)29)12-19(22)23(25,26)27/h6,8,11-12,14,17-18,21,28H,2-5,7,9-10H2,1H3/t14?,17-,18-,21+,22-/m1/s1. The van der Waals surface area contributed by atoms with Gasteiger partial charge in [0.05, 0.1) is 0 Å². The summed E-state index contributed by atoms with van der Waals surface area (Å²) < 4.78 is 41.8. The molecule has 1 fully saturated rings. The molecule has 3 aliphatic rings. The Morgan fingerprint density at radius 2 is 2.07 bits per heavy atom. The van der Waals surface area contributed by atoms with E-state index in [9.17, 15) is 23.1 Å². The Balaban J connectivity index is 1.68. The normalized spacial score (nSPS) is 33.5. The zero-order valence-electron chi connectivity index (χ0n) is 16.4. The molecule has 0 saturated heterocycles. The molecule has 1 aromatic rings. The topological polar surface area (TPSA) is 37.3 Å². The zero-order valence-corrected chi connectivity index (χ0v) is 18.0. The van der Waals surface area contributed by atoms with Crippen molar-refractivity contribution in [3.63, 3.8) is 0 Å². The monoisotopic (exact) mass is 470 g/mol. The molecule has 0 spiro atoms. The molecule has 2 nitrogen and oxygen atoms in total. The first-order valence-electron chi connectivity index (χ1n) is 10.4. The summed E-state index contributed by atoms with van der Waals surface area (Å²) in [4.78, 5) is 11.3. The number of benzene rings is 1. The van der Waals surface area contributed by atoms with E-state index in [1.54, 1.807) is 6.07 Å². The summed E-state index contributed by atoms with van der Waals surface area (Å²) in [6.07, 6.45) is 1.68. The lowest BCUT2D eigenvalue weighted by molar-refractivity contribution is -0.115. The van der Waals surface area contributed by atoms with Crippen LogP contribution < -0.4 is 0 Å². The number of phenolic OH excluding ortho intramolecular Hbond substituents is 1. The third-order valence-electron chi connectivity index (χ3n) is 7.64. The van der Waals surface area contributed by atoms with Crippen molar-refractivity contribution in [1.82, 2.24) is 0 Å². The second-order valence-electron chi connectivity index (χ2n) is 9.16. The predicted molar refractivity (Wildman–Crippen MR) is 109 cm³/mol. The minimum atomic E-state index is -4.31. The highest BCUT2D eigenvalue weighted by Crippen LogP contribution is 2.65. The van der Waals surface area contributed by atoms with Crippen LogP contribution in [-0.2, 0) is 11.2 Å². The summed E-state index contributed by atoms with van der Waals surface area (Å²) in [5.74, 6) is 0.507. The summed E-state index contributed by atoms with van der Waals surface area (Å²) in [5.41, 5.74) is 1.14. The van der Waals surface area contributed by atoms with Crippen molar-refractivity contribution in [3.8, 4) is 5.75 Å². The maximum atomic E-state index is 14.0. The number of allylic oxidation sites excluding steroid dienone is 2. The van der Waals surface area contributed by atoms with E-state index in [4.69, 9.17) is 0 Å². The molecule has 158 valence electrons. The van der Waals surface area contributed by atoms with Gasteiger partial charge in [-0.3, -0.25) is 4.79 Å². The maximum absolute atomic E-state index is 14.0. The van der Waals surface area contributed by atoms with Gasteiger partial charge < -0.3 is 5.11 Å². The molecule has 1 unspecified atom stereocenters. The SMILES string of the molecule is C[C@]12CC[C@@H]3c4ccc(O)cc4CC[C@H]3[C@@H]1C(CCCC(=O)Br)C=C2C(F)(F)F. The fourth-order valence-corrected chi connectivity index (χ4v) is 6.87. The number of rotatable bonds is 4. The van der Waals surface area contributed by atoms with Crippen molar-refractivity contribution >= 4 is 20.6 Å². The number of hydrogen-bond donors (Lipinski definition) is 1. The van der Waals surface area contributed by atoms with Gasteiger partial charge in [-0.05, 0) is 101 Å². The summed E-state index contributed by atoms with van der Waals surface area (Å²) in [6.45, 7) is 1.81. The number of halogens is 4. The van der Waals surface area contributed by atoms with Crippen molar-refractivity contribution in [1.29, 1.82) is 0 Å².